The normalized spacial score (nSPS) is 19.7. The van der Waals surface area contributed by atoms with Gasteiger partial charge in [-0.3, -0.25) is 19.6 Å². The molecule has 3 N–H and O–H groups in total. The number of hydrogen-bond donors (Lipinski definition) is 2. The Morgan fingerprint density at radius 3 is 2.55 bits per heavy atom. The Labute approximate surface area is 184 Å². The van der Waals surface area contributed by atoms with Crippen LogP contribution >= 0.6 is 0 Å². The summed E-state index contributed by atoms with van der Waals surface area (Å²) in [6.07, 6.45) is -1.50. The van der Waals surface area contributed by atoms with Crippen LogP contribution < -0.4 is 5.73 Å². The highest BCUT2D eigenvalue weighted by atomic mass is 19.3. The second-order valence-corrected chi connectivity index (χ2v) is 7.02. The molecule has 0 aliphatic carbocycles. The van der Waals surface area contributed by atoms with Crippen LogP contribution in [0.3, 0.4) is 0 Å². The van der Waals surface area contributed by atoms with Crippen LogP contribution in [0.5, 0.6) is 0 Å². The topological polar surface area (TPSA) is 128 Å². The maximum atomic E-state index is 14.7. The molecule has 13 heteroatoms. The predicted molar refractivity (Wildman–Crippen MR) is 105 cm³/mol. The minimum Gasteiger partial charge on any atom is -0.483 e. The van der Waals surface area contributed by atoms with Crippen molar-refractivity contribution in [2.24, 2.45) is 10.7 Å². The summed E-state index contributed by atoms with van der Waals surface area (Å²) < 4.78 is 73.9. The molecule has 0 spiro atoms. The Morgan fingerprint density at radius 1 is 1.30 bits per heavy atom. The molecule has 1 aliphatic rings. The van der Waals surface area contributed by atoms with Gasteiger partial charge in [0.25, 0.3) is 18.8 Å². The first-order chi connectivity index (χ1) is 15.4. The summed E-state index contributed by atoms with van der Waals surface area (Å²) >= 11 is 0. The summed E-state index contributed by atoms with van der Waals surface area (Å²) in [6, 6.07) is 3.30. The molecule has 0 unspecified atom stereocenters. The van der Waals surface area contributed by atoms with Gasteiger partial charge in [0.15, 0.2) is 11.3 Å². The van der Waals surface area contributed by atoms with Crippen LogP contribution in [0.25, 0.3) is 0 Å². The molecule has 178 valence electrons. The van der Waals surface area contributed by atoms with E-state index in [1.165, 1.54) is 6.07 Å². The Morgan fingerprint density at radius 2 is 1.97 bits per heavy atom. The number of carbonyl (C=O) groups excluding carboxylic acids is 1. The number of aromatic nitrogens is 2. The van der Waals surface area contributed by atoms with Gasteiger partial charge in [-0.15, -0.1) is 0 Å². The predicted octanol–water partition coefficient (Wildman–Crippen LogP) is 2.92. The number of nitrogens with two attached hydrogens (primary N) is 1. The molecule has 0 amide bonds. The summed E-state index contributed by atoms with van der Waals surface area (Å²) in [7, 11) is 0. The van der Waals surface area contributed by atoms with E-state index in [9.17, 15) is 26.7 Å². The van der Waals surface area contributed by atoms with Crippen molar-refractivity contribution in [2.75, 3.05) is 13.2 Å². The lowest BCUT2D eigenvalue weighted by atomic mass is 9.84. The van der Waals surface area contributed by atoms with Crippen molar-refractivity contribution >= 4 is 18.1 Å². The van der Waals surface area contributed by atoms with Gasteiger partial charge in [-0.2, -0.15) is 0 Å². The van der Waals surface area contributed by atoms with Gasteiger partial charge < -0.3 is 15.6 Å². The van der Waals surface area contributed by atoms with Crippen LogP contribution in [0, 0.1) is 5.82 Å². The molecule has 8 nitrogen and oxygen atoms in total. The van der Waals surface area contributed by atoms with Crippen molar-refractivity contribution in [2.45, 2.75) is 31.2 Å². The van der Waals surface area contributed by atoms with E-state index in [1.54, 1.807) is 0 Å². The van der Waals surface area contributed by atoms with E-state index in [2.05, 4.69) is 15.0 Å². The lowest BCUT2D eigenvalue weighted by Crippen LogP contribution is -2.45. The first kappa shape index (κ1) is 25.8. The van der Waals surface area contributed by atoms with Crippen molar-refractivity contribution in [3.63, 3.8) is 0 Å². The van der Waals surface area contributed by atoms with Gasteiger partial charge in [-0.25, -0.2) is 26.9 Å². The number of ketones is 1. The standard InChI is InChI=1S/C19H17F5N4O2.CH2O2/c1-18(19(23,24)9-30-8-16(25)28-18)11-4-10(2-3-12(11)20)5-15(29)13-6-27-14(7-26-13)17(21)22;2-1-3/h2-4,6-7,17H,5,8-9H2,1H3,(H2,25,28);1H,(H,2,3)/t18-;/m1./s1. The van der Waals surface area contributed by atoms with Crippen LogP contribution in [0.15, 0.2) is 35.6 Å². The summed E-state index contributed by atoms with van der Waals surface area (Å²) in [4.78, 5) is 31.6. The van der Waals surface area contributed by atoms with Gasteiger partial charge in [0.1, 0.15) is 36.3 Å². The molecule has 1 aromatic carbocycles. The molecule has 3 rings (SSSR count). The molecule has 33 heavy (non-hydrogen) atoms. The number of ether oxygens (including phenoxy) is 1. The zero-order valence-electron chi connectivity index (χ0n) is 17.1. The highest BCUT2D eigenvalue weighted by molar-refractivity contribution is 5.95. The Bertz CT molecular complexity index is 1030. The second-order valence-electron chi connectivity index (χ2n) is 7.02. The van der Waals surface area contributed by atoms with Crippen LogP contribution in [0.1, 0.15) is 40.7 Å². The van der Waals surface area contributed by atoms with Crippen molar-refractivity contribution in [3.05, 3.63) is 58.9 Å². The fourth-order valence-electron chi connectivity index (χ4n) is 3.01. The average Bonchev–Trinajstić information content (AvgIpc) is 2.85. The van der Waals surface area contributed by atoms with Crippen LogP contribution in [-0.2, 0) is 21.5 Å². The summed E-state index contributed by atoms with van der Waals surface area (Å²) in [6.45, 7) is -0.548. The molecule has 0 saturated carbocycles. The van der Waals surface area contributed by atoms with E-state index in [4.69, 9.17) is 20.4 Å². The SMILES string of the molecule is C[C@]1(c2cc(CC(=O)c3cnc(C(F)F)cn3)ccc2F)N=C(N)COCC1(F)F.O=CO. The maximum Gasteiger partial charge on any atom is 0.299 e. The minimum atomic E-state index is -3.58. The second kappa shape index (κ2) is 10.4. The van der Waals surface area contributed by atoms with E-state index < -0.39 is 47.4 Å². The van der Waals surface area contributed by atoms with Crippen molar-refractivity contribution in [1.82, 2.24) is 9.97 Å². The summed E-state index contributed by atoms with van der Waals surface area (Å²) in [5, 5.41) is 6.89. The molecule has 0 radical (unpaired) electrons. The summed E-state index contributed by atoms with van der Waals surface area (Å²) in [5.74, 6) is -5.35. The molecular formula is C20H19F5N4O4. The number of Topliss-reactive ketones (excluding diaryl/α,β-unsaturated/α-hetero) is 1. The number of carbonyl (C=O) groups is 2. The molecule has 0 saturated heterocycles. The van der Waals surface area contributed by atoms with Crippen molar-refractivity contribution in [3.8, 4) is 0 Å². The molecular weight excluding hydrogens is 455 g/mol. The zero-order chi connectivity index (χ0) is 24.8. The van der Waals surface area contributed by atoms with Crippen molar-refractivity contribution < 1.29 is 41.4 Å². The molecule has 0 bridgehead atoms. The highest BCUT2D eigenvalue weighted by Gasteiger charge is 2.54. The first-order valence-corrected chi connectivity index (χ1v) is 9.25. The number of amidine groups is 1. The van der Waals surface area contributed by atoms with Gasteiger partial charge >= 0.3 is 0 Å². The zero-order valence-corrected chi connectivity index (χ0v) is 17.1. The number of hydrogen-bond acceptors (Lipinski definition) is 7. The molecule has 2 aromatic rings. The number of aliphatic imine (C=N–C) groups is 1. The first-order valence-electron chi connectivity index (χ1n) is 9.25. The third-order valence-corrected chi connectivity index (χ3v) is 4.71. The van der Waals surface area contributed by atoms with Crippen LogP contribution in [-0.4, -0.2) is 52.3 Å². The third-order valence-electron chi connectivity index (χ3n) is 4.71. The van der Waals surface area contributed by atoms with Gasteiger partial charge in [-0.1, -0.05) is 6.07 Å². The number of rotatable bonds is 5. The highest BCUT2D eigenvalue weighted by Crippen LogP contribution is 2.43. The van der Waals surface area contributed by atoms with Crippen LogP contribution in [0.2, 0.25) is 0 Å². The fraction of sp³-hybridized carbons (Fsp3) is 0.350. The third kappa shape index (κ3) is 5.86. The Kier molecular flexibility index (Phi) is 8.14. The van der Waals surface area contributed by atoms with E-state index >= 15 is 0 Å². The number of halogens is 5. The number of carboxylic acid groups (broad SMARTS) is 1. The quantitative estimate of drug-likeness (QED) is 0.387. The fourth-order valence-corrected chi connectivity index (χ4v) is 3.01. The Hall–Kier alpha value is -3.48. The van der Waals surface area contributed by atoms with E-state index in [0.717, 1.165) is 31.5 Å². The van der Waals surface area contributed by atoms with Gasteiger partial charge in [-0.05, 0) is 24.6 Å². The Balaban J connectivity index is 0.00000122. The molecule has 1 aliphatic heterocycles. The molecule has 0 fully saturated rings. The smallest absolute Gasteiger partial charge is 0.299 e. The lowest BCUT2D eigenvalue weighted by Gasteiger charge is -2.33. The molecule has 2 heterocycles. The van der Waals surface area contributed by atoms with Crippen LogP contribution in [0.4, 0.5) is 22.0 Å². The van der Waals surface area contributed by atoms with Gasteiger partial charge in [0.2, 0.25) is 0 Å². The van der Waals surface area contributed by atoms with E-state index in [0.29, 0.717) is 0 Å². The number of nitrogens with zero attached hydrogens (tertiary/aromatic N) is 3. The number of benzene rings is 1. The van der Waals surface area contributed by atoms with E-state index in [1.807, 2.05) is 0 Å². The minimum absolute atomic E-state index is 0.188. The van der Waals surface area contributed by atoms with E-state index in [-0.39, 0.29) is 36.6 Å². The number of alkyl halides is 4. The van der Waals surface area contributed by atoms with Gasteiger partial charge in [0.05, 0.1) is 12.4 Å². The molecule has 1 aromatic heterocycles. The lowest BCUT2D eigenvalue weighted by molar-refractivity contribution is -0.122. The van der Waals surface area contributed by atoms with Crippen molar-refractivity contribution in [1.29, 1.82) is 0 Å². The maximum absolute atomic E-state index is 14.7. The molecule has 1 atom stereocenters. The summed E-state index contributed by atoms with van der Waals surface area (Å²) in [5.41, 5.74) is 2.22. The monoisotopic (exact) mass is 474 g/mol. The van der Waals surface area contributed by atoms with Gasteiger partial charge in [0, 0.05) is 12.0 Å². The average molecular weight is 474 g/mol. The largest absolute Gasteiger partial charge is 0.483 e.